The van der Waals surface area contributed by atoms with Gasteiger partial charge in [-0.15, -0.1) is 0 Å². The molecule has 0 aliphatic rings. The molecule has 2 aromatic rings. The SMILES string of the molecule is Cc1ccc(C)c(S(=O)(=O)NCCNC(=O)c2ccc(C)c(F)c2)c1. The molecule has 0 aromatic heterocycles. The van der Waals surface area contributed by atoms with Crippen LogP contribution in [0.3, 0.4) is 0 Å². The van der Waals surface area contributed by atoms with E-state index in [1.807, 2.05) is 13.0 Å². The predicted octanol–water partition coefficient (Wildman–Crippen LogP) is 2.46. The minimum Gasteiger partial charge on any atom is -0.351 e. The smallest absolute Gasteiger partial charge is 0.251 e. The van der Waals surface area contributed by atoms with E-state index in [1.54, 1.807) is 26.0 Å². The van der Waals surface area contributed by atoms with Crippen LogP contribution in [0.4, 0.5) is 4.39 Å². The van der Waals surface area contributed by atoms with Crippen molar-refractivity contribution in [1.29, 1.82) is 0 Å². The molecule has 0 atom stereocenters. The number of benzene rings is 2. The molecule has 0 saturated heterocycles. The van der Waals surface area contributed by atoms with Crippen LogP contribution in [0.1, 0.15) is 27.0 Å². The number of halogens is 1. The molecule has 2 aromatic carbocycles. The lowest BCUT2D eigenvalue weighted by molar-refractivity contribution is 0.0954. The predicted molar refractivity (Wildman–Crippen MR) is 94.6 cm³/mol. The lowest BCUT2D eigenvalue weighted by Gasteiger charge is -2.11. The van der Waals surface area contributed by atoms with Crippen LogP contribution in [0, 0.1) is 26.6 Å². The summed E-state index contributed by atoms with van der Waals surface area (Å²) in [5.41, 5.74) is 2.15. The summed E-state index contributed by atoms with van der Waals surface area (Å²) in [7, 11) is -3.65. The van der Waals surface area contributed by atoms with Crippen LogP contribution in [-0.4, -0.2) is 27.4 Å². The molecule has 0 aliphatic heterocycles. The van der Waals surface area contributed by atoms with Gasteiger partial charge in [-0.2, -0.15) is 0 Å². The number of nitrogens with one attached hydrogen (secondary N) is 2. The van der Waals surface area contributed by atoms with Crippen LogP contribution in [0.5, 0.6) is 0 Å². The summed E-state index contributed by atoms with van der Waals surface area (Å²) in [6, 6.07) is 9.39. The van der Waals surface area contributed by atoms with Gasteiger partial charge in [0.25, 0.3) is 5.91 Å². The minimum atomic E-state index is -3.65. The Hall–Kier alpha value is -2.25. The first-order chi connectivity index (χ1) is 11.7. The number of carbonyl (C=O) groups is 1. The monoisotopic (exact) mass is 364 g/mol. The largest absolute Gasteiger partial charge is 0.351 e. The minimum absolute atomic E-state index is 0.0375. The van der Waals surface area contributed by atoms with Crippen molar-refractivity contribution < 1.29 is 17.6 Å². The summed E-state index contributed by atoms with van der Waals surface area (Å²) >= 11 is 0. The van der Waals surface area contributed by atoms with E-state index in [-0.39, 0.29) is 23.5 Å². The van der Waals surface area contributed by atoms with E-state index in [0.717, 1.165) is 11.6 Å². The molecule has 0 unspecified atom stereocenters. The maximum absolute atomic E-state index is 13.5. The molecule has 2 rings (SSSR count). The number of hydrogen-bond donors (Lipinski definition) is 2. The number of hydrogen-bond acceptors (Lipinski definition) is 3. The van der Waals surface area contributed by atoms with Crippen LogP contribution in [0.25, 0.3) is 0 Å². The molecular weight excluding hydrogens is 343 g/mol. The highest BCUT2D eigenvalue weighted by molar-refractivity contribution is 7.89. The van der Waals surface area contributed by atoms with Crippen molar-refractivity contribution >= 4 is 15.9 Å². The molecule has 1 amide bonds. The van der Waals surface area contributed by atoms with Gasteiger partial charge in [0.05, 0.1) is 4.90 Å². The highest BCUT2D eigenvalue weighted by atomic mass is 32.2. The van der Waals surface area contributed by atoms with Crippen molar-refractivity contribution in [2.75, 3.05) is 13.1 Å². The molecule has 0 spiro atoms. The van der Waals surface area contributed by atoms with Crippen molar-refractivity contribution in [3.05, 3.63) is 64.5 Å². The van der Waals surface area contributed by atoms with Crippen molar-refractivity contribution in [2.45, 2.75) is 25.7 Å². The van der Waals surface area contributed by atoms with Crippen LogP contribution in [0.2, 0.25) is 0 Å². The molecule has 7 heteroatoms. The highest BCUT2D eigenvalue weighted by Crippen LogP contribution is 2.16. The van der Waals surface area contributed by atoms with Gasteiger partial charge in [-0.1, -0.05) is 18.2 Å². The van der Waals surface area contributed by atoms with E-state index in [1.165, 1.54) is 12.1 Å². The third-order valence-electron chi connectivity index (χ3n) is 3.77. The molecule has 5 nitrogen and oxygen atoms in total. The number of aryl methyl sites for hydroxylation is 3. The first kappa shape index (κ1) is 19.1. The maximum atomic E-state index is 13.5. The highest BCUT2D eigenvalue weighted by Gasteiger charge is 2.16. The van der Waals surface area contributed by atoms with Crippen molar-refractivity contribution in [1.82, 2.24) is 10.0 Å². The first-order valence-electron chi connectivity index (χ1n) is 7.82. The summed E-state index contributed by atoms with van der Waals surface area (Å²) in [4.78, 5) is 12.2. The Balaban J connectivity index is 1.92. The average molecular weight is 364 g/mol. The second kappa shape index (κ2) is 7.76. The quantitative estimate of drug-likeness (QED) is 0.773. The molecule has 0 radical (unpaired) electrons. The zero-order chi connectivity index (χ0) is 18.6. The summed E-state index contributed by atoms with van der Waals surface area (Å²) < 4.78 is 40.6. The van der Waals surface area contributed by atoms with E-state index in [9.17, 15) is 17.6 Å². The molecular formula is C18H21FN2O3S. The Morgan fingerprint density at radius 2 is 1.68 bits per heavy atom. The second-order valence-electron chi connectivity index (χ2n) is 5.89. The fourth-order valence-electron chi connectivity index (χ4n) is 2.27. The summed E-state index contributed by atoms with van der Waals surface area (Å²) in [5, 5.41) is 2.56. The fourth-order valence-corrected chi connectivity index (χ4v) is 3.63. The van der Waals surface area contributed by atoms with E-state index in [0.29, 0.717) is 11.1 Å². The lowest BCUT2D eigenvalue weighted by atomic mass is 10.1. The zero-order valence-electron chi connectivity index (χ0n) is 14.4. The van der Waals surface area contributed by atoms with E-state index in [4.69, 9.17) is 0 Å². The van der Waals surface area contributed by atoms with Crippen molar-refractivity contribution in [3.63, 3.8) is 0 Å². The summed E-state index contributed by atoms with van der Waals surface area (Å²) in [6.07, 6.45) is 0. The number of amides is 1. The second-order valence-corrected chi connectivity index (χ2v) is 7.62. The van der Waals surface area contributed by atoms with E-state index < -0.39 is 21.7 Å². The van der Waals surface area contributed by atoms with Crippen LogP contribution in [0.15, 0.2) is 41.3 Å². The molecule has 0 bridgehead atoms. The number of sulfonamides is 1. The van der Waals surface area contributed by atoms with E-state index in [2.05, 4.69) is 10.0 Å². The van der Waals surface area contributed by atoms with Gasteiger partial charge in [-0.3, -0.25) is 4.79 Å². The van der Waals surface area contributed by atoms with Crippen LogP contribution >= 0.6 is 0 Å². The fraction of sp³-hybridized carbons (Fsp3) is 0.278. The third kappa shape index (κ3) is 4.87. The van der Waals surface area contributed by atoms with Gasteiger partial charge in [0.15, 0.2) is 0 Å². The summed E-state index contributed by atoms with van der Waals surface area (Å²) in [6.45, 7) is 5.29. The molecule has 0 fully saturated rings. The van der Waals surface area contributed by atoms with Gasteiger partial charge < -0.3 is 5.32 Å². The van der Waals surface area contributed by atoms with Crippen molar-refractivity contribution in [3.8, 4) is 0 Å². The van der Waals surface area contributed by atoms with Gasteiger partial charge >= 0.3 is 0 Å². The number of rotatable bonds is 6. The molecule has 0 aliphatic carbocycles. The molecule has 0 saturated carbocycles. The molecule has 2 N–H and O–H groups in total. The van der Waals surface area contributed by atoms with Crippen LogP contribution in [-0.2, 0) is 10.0 Å². The Bertz CT molecular complexity index is 895. The van der Waals surface area contributed by atoms with E-state index >= 15 is 0 Å². The van der Waals surface area contributed by atoms with Gasteiger partial charge in [-0.25, -0.2) is 17.5 Å². The molecule has 134 valence electrons. The third-order valence-corrected chi connectivity index (χ3v) is 5.37. The zero-order valence-corrected chi connectivity index (χ0v) is 15.2. The standard InChI is InChI=1S/C18H21FN2O3S/c1-12-4-5-14(3)17(10-12)25(23,24)21-9-8-20-18(22)15-7-6-13(2)16(19)11-15/h4-7,10-11,21H,8-9H2,1-3H3,(H,20,22). The van der Waals surface area contributed by atoms with Gasteiger partial charge in [0.2, 0.25) is 10.0 Å². The van der Waals surface area contributed by atoms with Crippen LogP contribution < -0.4 is 10.0 Å². The molecule has 25 heavy (non-hydrogen) atoms. The first-order valence-corrected chi connectivity index (χ1v) is 9.30. The maximum Gasteiger partial charge on any atom is 0.251 e. The Morgan fingerprint density at radius 3 is 2.36 bits per heavy atom. The van der Waals surface area contributed by atoms with Gasteiger partial charge in [0, 0.05) is 18.7 Å². The Kier molecular flexibility index (Phi) is 5.92. The lowest BCUT2D eigenvalue weighted by Crippen LogP contribution is -2.35. The Morgan fingerprint density at radius 1 is 1.00 bits per heavy atom. The average Bonchev–Trinajstić information content (AvgIpc) is 2.56. The molecule has 0 heterocycles. The van der Waals surface area contributed by atoms with Crippen molar-refractivity contribution in [2.24, 2.45) is 0 Å². The number of carbonyl (C=O) groups excluding carboxylic acids is 1. The van der Waals surface area contributed by atoms with Gasteiger partial charge in [-0.05, 0) is 55.7 Å². The van der Waals surface area contributed by atoms with Gasteiger partial charge in [0.1, 0.15) is 5.82 Å². The summed E-state index contributed by atoms with van der Waals surface area (Å²) in [5.74, 6) is -0.909. The normalized spacial score (nSPS) is 11.4. The Labute approximate surface area is 147 Å². The topological polar surface area (TPSA) is 75.3 Å².